The van der Waals surface area contributed by atoms with Crippen LogP contribution in [0.3, 0.4) is 0 Å². The number of sulfonamides is 1. The van der Waals surface area contributed by atoms with Crippen molar-refractivity contribution in [1.29, 1.82) is 0 Å². The van der Waals surface area contributed by atoms with E-state index >= 15 is 0 Å². The SMILES string of the molecule is CCC(C(=O)N1CCN(c2ccc(OC)cc2)CC1)N(c1cccc(C)c1)S(C)(=O)=O. The lowest BCUT2D eigenvalue weighted by molar-refractivity contribution is -0.132. The van der Waals surface area contributed by atoms with Gasteiger partial charge in [0.05, 0.1) is 19.1 Å². The van der Waals surface area contributed by atoms with E-state index in [9.17, 15) is 13.2 Å². The molecule has 0 aliphatic carbocycles. The van der Waals surface area contributed by atoms with E-state index in [2.05, 4.69) is 4.90 Å². The number of carbonyl (C=O) groups is 1. The topological polar surface area (TPSA) is 70.2 Å². The predicted octanol–water partition coefficient (Wildman–Crippen LogP) is 2.90. The highest BCUT2D eigenvalue weighted by Crippen LogP contribution is 2.26. The average molecular weight is 446 g/mol. The zero-order valence-corrected chi connectivity index (χ0v) is 19.4. The number of hydrogen-bond acceptors (Lipinski definition) is 5. The molecule has 8 heteroatoms. The van der Waals surface area contributed by atoms with Gasteiger partial charge in [-0.3, -0.25) is 9.10 Å². The van der Waals surface area contributed by atoms with E-state index in [0.717, 1.165) is 23.3 Å². The number of benzene rings is 2. The summed E-state index contributed by atoms with van der Waals surface area (Å²) in [4.78, 5) is 17.4. The number of ether oxygens (including phenoxy) is 1. The molecule has 0 radical (unpaired) electrons. The van der Waals surface area contributed by atoms with Crippen LogP contribution in [0.25, 0.3) is 0 Å². The minimum Gasteiger partial charge on any atom is -0.497 e. The largest absolute Gasteiger partial charge is 0.497 e. The van der Waals surface area contributed by atoms with Gasteiger partial charge < -0.3 is 14.5 Å². The molecular weight excluding hydrogens is 414 g/mol. The lowest BCUT2D eigenvalue weighted by Crippen LogP contribution is -2.56. The third-order valence-electron chi connectivity index (χ3n) is 5.60. The van der Waals surface area contributed by atoms with E-state index in [-0.39, 0.29) is 5.91 Å². The van der Waals surface area contributed by atoms with Crippen LogP contribution in [0.1, 0.15) is 18.9 Å². The third kappa shape index (κ3) is 5.31. The smallest absolute Gasteiger partial charge is 0.246 e. The van der Waals surface area contributed by atoms with Gasteiger partial charge in [-0.15, -0.1) is 0 Å². The molecule has 0 spiro atoms. The summed E-state index contributed by atoms with van der Waals surface area (Å²) in [5, 5.41) is 0. The van der Waals surface area contributed by atoms with Gasteiger partial charge in [-0.1, -0.05) is 19.1 Å². The molecule has 1 saturated heterocycles. The highest BCUT2D eigenvalue weighted by molar-refractivity contribution is 7.92. The summed E-state index contributed by atoms with van der Waals surface area (Å²) in [5.74, 6) is 0.657. The minimum atomic E-state index is -3.63. The summed E-state index contributed by atoms with van der Waals surface area (Å²) in [5.41, 5.74) is 2.55. The second-order valence-electron chi connectivity index (χ2n) is 7.83. The summed E-state index contributed by atoms with van der Waals surface area (Å²) < 4.78 is 31.8. The van der Waals surface area contributed by atoms with Crippen molar-refractivity contribution in [1.82, 2.24) is 4.90 Å². The van der Waals surface area contributed by atoms with E-state index in [4.69, 9.17) is 4.74 Å². The maximum absolute atomic E-state index is 13.4. The minimum absolute atomic E-state index is 0.149. The number of carbonyl (C=O) groups excluding carboxylic acids is 1. The van der Waals surface area contributed by atoms with Crippen LogP contribution in [0.2, 0.25) is 0 Å². The van der Waals surface area contributed by atoms with Gasteiger partial charge in [-0.2, -0.15) is 0 Å². The number of amides is 1. The number of nitrogens with zero attached hydrogens (tertiary/aromatic N) is 3. The number of piperazine rings is 1. The molecule has 0 bridgehead atoms. The molecule has 1 aliphatic heterocycles. The molecule has 168 valence electrons. The molecule has 0 saturated carbocycles. The van der Waals surface area contributed by atoms with Crippen molar-refractivity contribution in [3.05, 3.63) is 54.1 Å². The number of hydrogen-bond donors (Lipinski definition) is 0. The number of rotatable bonds is 7. The Morgan fingerprint density at radius 2 is 1.74 bits per heavy atom. The van der Waals surface area contributed by atoms with Crippen LogP contribution in [0.5, 0.6) is 5.75 Å². The maximum atomic E-state index is 13.4. The standard InChI is InChI=1S/C23H31N3O4S/c1-5-22(26(31(4,28)29)20-8-6-7-18(2)17-20)23(27)25-15-13-24(14-16-25)19-9-11-21(30-3)12-10-19/h6-12,17,22H,5,13-16H2,1-4H3. The number of aryl methyl sites for hydroxylation is 1. The van der Waals surface area contributed by atoms with Gasteiger partial charge in [0.2, 0.25) is 15.9 Å². The van der Waals surface area contributed by atoms with E-state index in [1.54, 1.807) is 24.1 Å². The van der Waals surface area contributed by atoms with E-state index < -0.39 is 16.1 Å². The molecule has 1 atom stereocenters. The van der Waals surface area contributed by atoms with Crippen molar-refractivity contribution in [3.8, 4) is 5.75 Å². The first-order valence-corrected chi connectivity index (χ1v) is 12.3. The van der Waals surface area contributed by atoms with Crippen molar-refractivity contribution in [2.75, 3.05) is 48.7 Å². The molecule has 31 heavy (non-hydrogen) atoms. The average Bonchev–Trinajstić information content (AvgIpc) is 2.76. The molecule has 0 aromatic heterocycles. The Balaban J connectivity index is 1.75. The van der Waals surface area contributed by atoms with Crippen LogP contribution in [-0.4, -0.2) is 64.8 Å². The Morgan fingerprint density at radius 1 is 1.10 bits per heavy atom. The monoisotopic (exact) mass is 445 g/mol. The summed E-state index contributed by atoms with van der Waals surface area (Å²) in [6, 6.07) is 14.4. The van der Waals surface area contributed by atoms with Crippen LogP contribution in [0.4, 0.5) is 11.4 Å². The molecular formula is C23H31N3O4S. The first kappa shape index (κ1) is 22.9. The summed E-state index contributed by atoms with van der Waals surface area (Å²) in [7, 11) is -1.99. The Morgan fingerprint density at radius 3 is 2.26 bits per heavy atom. The summed E-state index contributed by atoms with van der Waals surface area (Å²) in [6.07, 6.45) is 1.56. The third-order valence-corrected chi connectivity index (χ3v) is 6.78. The molecule has 3 rings (SSSR count). The molecule has 1 unspecified atom stereocenters. The highest BCUT2D eigenvalue weighted by atomic mass is 32.2. The molecule has 2 aromatic rings. The molecule has 2 aromatic carbocycles. The van der Waals surface area contributed by atoms with Crippen LogP contribution in [-0.2, 0) is 14.8 Å². The van der Waals surface area contributed by atoms with E-state index in [0.29, 0.717) is 38.3 Å². The van der Waals surface area contributed by atoms with Crippen molar-refractivity contribution < 1.29 is 17.9 Å². The zero-order chi connectivity index (χ0) is 22.6. The fourth-order valence-corrected chi connectivity index (χ4v) is 5.20. The second-order valence-corrected chi connectivity index (χ2v) is 9.69. The van der Waals surface area contributed by atoms with Gasteiger partial charge >= 0.3 is 0 Å². The van der Waals surface area contributed by atoms with Gasteiger partial charge in [0.15, 0.2) is 0 Å². The fourth-order valence-electron chi connectivity index (χ4n) is 4.00. The molecule has 1 heterocycles. The molecule has 1 fully saturated rings. The second kappa shape index (κ2) is 9.60. The van der Waals surface area contributed by atoms with Crippen molar-refractivity contribution >= 4 is 27.3 Å². The van der Waals surface area contributed by atoms with Gasteiger partial charge in [0.25, 0.3) is 0 Å². The van der Waals surface area contributed by atoms with E-state index in [1.807, 2.05) is 50.2 Å². The van der Waals surface area contributed by atoms with Crippen molar-refractivity contribution in [2.45, 2.75) is 26.3 Å². The molecule has 0 N–H and O–H groups in total. The van der Waals surface area contributed by atoms with Gasteiger partial charge in [0.1, 0.15) is 11.8 Å². The maximum Gasteiger partial charge on any atom is 0.246 e. The Bertz CT molecular complexity index is 1000. The fraction of sp³-hybridized carbons (Fsp3) is 0.435. The van der Waals surface area contributed by atoms with Gasteiger partial charge in [0, 0.05) is 31.9 Å². The van der Waals surface area contributed by atoms with Crippen LogP contribution < -0.4 is 13.9 Å². The summed E-state index contributed by atoms with van der Waals surface area (Å²) in [6.45, 7) is 6.24. The zero-order valence-electron chi connectivity index (χ0n) is 18.6. The Kier molecular flexibility index (Phi) is 7.10. The van der Waals surface area contributed by atoms with Crippen LogP contribution in [0.15, 0.2) is 48.5 Å². The highest BCUT2D eigenvalue weighted by Gasteiger charge is 2.35. The molecule has 1 amide bonds. The summed E-state index contributed by atoms with van der Waals surface area (Å²) >= 11 is 0. The number of methoxy groups -OCH3 is 1. The molecule has 1 aliphatic rings. The predicted molar refractivity (Wildman–Crippen MR) is 124 cm³/mol. The number of anilines is 2. The first-order chi connectivity index (χ1) is 14.7. The van der Waals surface area contributed by atoms with Crippen LogP contribution in [0, 0.1) is 6.92 Å². The van der Waals surface area contributed by atoms with Crippen molar-refractivity contribution in [2.24, 2.45) is 0 Å². The van der Waals surface area contributed by atoms with Gasteiger partial charge in [-0.25, -0.2) is 8.42 Å². The van der Waals surface area contributed by atoms with Crippen LogP contribution >= 0.6 is 0 Å². The Hall–Kier alpha value is -2.74. The lowest BCUT2D eigenvalue weighted by atomic mass is 10.1. The normalized spacial score (nSPS) is 15.5. The Labute approximate surface area is 185 Å². The lowest BCUT2D eigenvalue weighted by Gasteiger charge is -2.39. The van der Waals surface area contributed by atoms with Crippen molar-refractivity contribution in [3.63, 3.8) is 0 Å². The molecule has 7 nitrogen and oxygen atoms in total. The quantitative estimate of drug-likeness (QED) is 0.655. The van der Waals surface area contributed by atoms with E-state index in [1.165, 1.54) is 4.31 Å². The first-order valence-electron chi connectivity index (χ1n) is 10.5. The van der Waals surface area contributed by atoms with Gasteiger partial charge in [-0.05, 0) is 55.3 Å².